The van der Waals surface area contributed by atoms with Gasteiger partial charge in [-0.15, -0.1) is 0 Å². The molecule has 0 radical (unpaired) electrons. The molecule has 0 bridgehead atoms. The van der Waals surface area contributed by atoms with Crippen LogP contribution in [0.4, 0.5) is 10.1 Å². The van der Waals surface area contributed by atoms with Crippen LogP contribution in [0.2, 0.25) is 0 Å². The highest BCUT2D eigenvalue weighted by molar-refractivity contribution is 5.48. The number of benzene rings is 1. The van der Waals surface area contributed by atoms with Gasteiger partial charge in [-0.2, -0.15) is 0 Å². The molecule has 3 heteroatoms. The molecule has 1 aromatic carbocycles. The Labute approximate surface area is 109 Å². The topological polar surface area (TPSA) is 21.3 Å². The van der Waals surface area contributed by atoms with E-state index in [1.54, 1.807) is 6.07 Å². The number of nitrogens with one attached hydrogen (secondary N) is 1. The molecule has 0 aromatic heterocycles. The normalized spacial score (nSPS) is 27.9. The summed E-state index contributed by atoms with van der Waals surface area (Å²) in [6.07, 6.45) is 3.80. The molecule has 0 saturated heterocycles. The van der Waals surface area contributed by atoms with Gasteiger partial charge in [-0.3, -0.25) is 0 Å². The minimum absolute atomic E-state index is 0.297. The van der Waals surface area contributed by atoms with Crippen molar-refractivity contribution in [2.45, 2.75) is 39.2 Å². The number of methoxy groups -OCH3 is 1. The van der Waals surface area contributed by atoms with Gasteiger partial charge in [-0.1, -0.05) is 20.3 Å². The third-order valence-electron chi connectivity index (χ3n) is 4.03. The van der Waals surface area contributed by atoms with Crippen molar-refractivity contribution in [3.8, 4) is 5.75 Å². The van der Waals surface area contributed by atoms with E-state index < -0.39 is 0 Å². The van der Waals surface area contributed by atoms with E-state index in [9.17, 15) is 4.39 Å². The second-order valence-electron chi connectivity index (χ2n) is 5.40. The molecule has 0 heterocycles. The lowest BCUT2D eigenvalue weighted by atomic mass is 9.78. The molecule has 1 aliphatic rings. The summed E-state index contributed by atoms with van der Waals surface area (Å²) in [6, 6.07) is 5.52. The molecule has 1 aromatic rings. The maximum absolute atomic E-state index is 13.6. The lowest BCUT2D eigenvalue weighted by molar-refractivity contribution is 0.268. The molecule has 1 fully saturated rings. The molecule has 18 heavy (non-hydrogen) atoms. The first-order valence-electron chi connectivity index (χ1n) is 6.72. The molecule has 2 rings (SSSR count). The third-order valence-corrected chi connectivity index (χ3v) is 4.03. The molecule has 0 spiro atoms. The van der Waals surface area contributed by atoms with Gasteiger partial charge in [0.25, 0.3) is 0 Å². The van der Waals surface area contributed by atoms with Crippen LogP contribution in [0.5, 0.6) is 5.75 Å². The van der Waals surface area contributed by atoms with E-state index in [0.717, 1.165) is 5.69 Å². The summed E-state index contributed by atoms with van der Waals surface area (Å²) in [6.45, 7) is 4.54. The molecule has 2 unspecified atom stereocenters. The lowest BCUT2D eigenvalue weighted by Crippen LogP contribution is -2.37. The van der Waals surface area contributed by atoms with Crippen LogP contribution in [0.3, 0.4) is 0 Å². The van der Waals surface area contributed by atoms with E-state index in [-0.39, 0.29) is 5.82 Å². The van der Waals surface area contributed by atoms with E-state index in [0.29, 0.717) is 23.6 Å². The summed E-state index contributed by atoms with van der Waals surface area (Å²) in [5.74, 6) is 1.27. The van der Waals surface area contributed by atoms with Crippen molar-refractivity contribution in [1.82, 2.24) is 0 Å². The Bertz CT molecular complexity index is 397. The van der Waals surface area contributed by atoms with Crippen molar-refractivity contribution < 1.29 is 9.13 Å². The van der Waals surface area contributed by atoms with Crippen molar-refractivity contribution in [3.05, 3.63) is 24.0 Å². The van der Waals surface area contributed by atoms with Crippen molar-refractivity contribution in [2.24, 2.45) is 11.8 Å². The maximum Gasteiger partial charge on any atom is 0.167 e. The number of halogens is 1. The molecule has 1 saturated carbocycles. The van der Waals surface area contributed by atoms with E-state index >= 15 is 0 Å². The van der Waals surface area contributed by atoms with Crippen molar-refractivity contribution >= 4 is 5.69 Å². The standard InChI is InChI=1S/C15H22FNO/c1-10-5-4-6-11(2)15(10)17-12-7-8-14(18-3)13(16)9-12/h7-11,15,17H,4-6H2,1-3H3. The van der Waals surface area contributed by atoms with E-state index in [2.05, 4.69) is 19.2 Å². The number of anilines is 1. The van der Waals surface area contributed by atoms with Gasteiger partial charge >= 0.3 is 0 Å². The van der Waals surface area contributed by atoms with Gasteiger partial charge in [0, 0.05) is 17.8 Å². The summed E-state index contributed by atoms with van der Waals surface area (Å²) in [4.78, 5) is 0. The Balaban J connectivity index is 2.10. The van der Waals surface area contributed by atoms with E-state index in [1.165, 1.54) is 32.4 Å². The number of hydrogen-bond donors (Lipinski definition) is 1. The Morgan fingerprint density at radius 3 is 2.44 bits per heavy atom. The highest BCUT2D eigenvalue weighted by Gasteiger charge is 2.27. The SMILES string of the molecule is COc1ccc(NC2C(C)CCCC2C)cc1F. The van der Waals surface area contributed by atoms with Gasteiger partial charge in [0.1, 0.15) is 0 Å². The van der Waals surface area contributed by atoms with E-state index in [1.807, 2.05) is 6.07 Å². The smallest absolute Gasteiger partial charge is 0.167 e. The van der Waals surface area contributed by atoms with Crippen LogP contribution in [-0.2, 0) is 0 Å². The van der Waals surface area contributed by atoms with E-state index in [4.69, 9.17) is 4.74 Å². The fourth-order valence-corrected chi connectivity index (χ4v) is 2.91. The quantitative estimate of drug-likeness (QED) is 0.874. The highest BCUT2D eigenvalue weighted by atomic mass is 19.1. The zero-order valence-electron chi connectivity index (χ0n) is 11.4. The lowest BCUT2D eigenvalue weighted by Gasteiger charge is -2.35. The fourth-order valence-electron chi connectivity index (χ4n) is 2.91. The van der Waals surface area contributed by atoms with Gasteiger partial charge in [-0.05, 0) is 36.8 Å². The van der Waals surface area contributed by atoms with Crippen molar-refractivity contribution in [1.29, 1.82) is 0 Å². The predicted molar refractivity (Wildman–Crippen MR) is 72.5 cm³/mol. The van der Waals surface area contributed by atoms with Crippen molar-refractivity contribution in [2.75, 3.05) is 12.4 Å². The Morgan fingerprint density at radius 1 is 1.22 bits per heavy atom. The average molecular weight is 251 g/mol. The molecule has 1 N–H and O–H groups in total. The third kappa shape index (κ3) is 2.77. The molecule has 0 amide bonds. The van der Waals surface area contributed by atoms with Crippen LogP contribution in [0.25, 0.3) is 0 Å². The average Bonchev–Trinajstić information content (AvgIpc) is 2.34. The van der Waals surface area contributed by atoms with Gasteiger partial charge in [-0.25, -0.2) is 4.39 Å². The number of hydrogen-bond acceptors (Lipinski definition) is 2. The van der Waals surface area contributed by atoms with Crippen LogP contribution >= 0.6 is 0 Å². The van der Waals surface area contributed by atoms with Gasteiger partial charge in [0.05, 0.1) is 7.11 Å². The first-order chi connectivity index (χ1) is 8.61. The van der Waals surface area contributed by atoms with Crippen LogP contribution in [0.1, 0.15) is 33.1 Å². The number of ether oxygens (including phenoxy) is 1. The molecule has 2 atom stereocenters. The molecule has 1 aliphatic carbocycles. The molecule has 100 valence electrons. The summed E-state index contributed by atoms with van der Waals surface area (Å²) < 4.78 is 18.6. The molecule has 2 nitrogen and oxygen atoms in total. The van der Waals surface area contributed by atoms with Gasteiger partial charge in [0.2, 0.25) is 0 Å². The summed E-state index contributed by atoms with van der Waals surface area (Å²) in [5.41, 5.74) is 0.846. The maximum atomic E-state index is 13.6. The first-order valence-corrected chi connectivity index (χ1v) is 6.72. The largest absolute Gasteiger partial charge is 0.494 e. The Morgan fingerprint density at radius 2 is 1.89 bits per heavy atom. The summed E-state index contributed by atoms with van der Waals surface area (Å²) >= 11 is 0. The van der Waals surface area contributed by atoms with Gasteiger partial charge in [0.15, 0.2) is 11.6 Å². The summed E-state index contributed by atoms with van der Waals surface area (Å²) in [5, 5.41) is 3.48. The monoisotopic (exact) mass is 251 g/mol. The van der Waals surface area contributed by atoms with Crippen LogP contribution < -0.4 is 10.1 Å². The second-order valence-corrected chi connectivity index (χ2v) is 5.40. The zero-order valence-corrected chi connectivity index (χ0v) is 11.4. The van der Waals surface area contributed by atoms with Crippen molar-refractivity contribution in [3.63, 3.8) is 0 Å². The minimum Gasteiger partial charge on any atom is -0.494 e. The first kappa shape index (κ1) is 13.2. The predicted octanol–water partition coefficient (Wildman–Crippen LogP) is 4.07. The Hall–Kier alpha value is -1.25. The number of rotatable bonds is 3. The Kier molecular flexibility index (Phi) is 4.10. The molecule has 0 aliphatic heterocycles. The van der Waals surface area contributed by atoms with Crippen LogP contribution in [0, 0.1) is 17.7 Å². The minimum atomic E-state index is -0.307. The molecular formula is C15H22FNO. The zero-order chi connectivity index (χ0) is 13.1. The van der Waals surface area contributed by atoms with Crippen LogP contribution in [-0.4, -0.2) is 13.2 Å². The fraction of sp³-hybridized carbons (Fsp3) is 0.600. The van der Waals surface area contributed by atoms with Gasteiger partial charge < -0.3 is 10.1 Å². The highest BCUT2D eigenvalue weighted by Crippen LogP contribution is 2.32. The second kappa shape index (κ2) is 5.59. The molecular weight excluding hydrogens is 229 g/mol. The summed E-state index contributed by atoms with van der Waals surface area (Å²) in [7, 11) is 1.48. The van der Waals surface area contributed by atoms with Crippen LogP contribution in [0.15, 0.2) is 18.2 Å².